The molecule has 1 aliphatic rings. The van der Waals surface area contributed by atoms with E-state index in [-0.39, 0.29) is 18.4 Å². The molecule has 1 aliphatic carbocycles. The first-order chi connectivity index (χ1) is 16.0. The molecule has 7 heteroatoms. The monoisotopic (exact) mass is 455 g/mol. The Morgan fingerprint density at radius 1 is 1.00 bits per heavy atom. The molecule has 4 rings (SSSR count). The van der Waals surface area contributed by atoms with Crippen molar-refractivity contribution in [3.63, 3.8) is 0 Å². The molecule has 0 saturated heterocycles. The minimum atomic E-state index is -4.58. The highest BCUT2D eigenvalue weighted by molar-refractivity contribution is 5.64. The van der Waals surface area contributed by atoms with Gasteiger partial charge in [-0.3, -0.25) is 0 Å². The van der Waals surface area contributed by atoms with Gasteiger partial charge in [0.05, 0.1) is 0 Å². The van der Waals surface area contributed by atoms with Gasteiger partial charge in [-0.25, -0.2) is 4.98 Å². The van der Waals surface area contributed by atoms with Gasteiger partial charge in [0.2, 0.25) is 0 Å². The summed E-state index contributed by atoms with van der Waals surface area (Å²) in [6, 6.07) is 17.1. The van der Waals surface area contributed by atoms with Gasteiger partial charge in [-0.2, -0.15) is 18.2 Å². The van der Waals surface area contributed by atoms with Crippen molar-refractivity contribution in [1.82, 2.24) is 9.97 Å². The van der Waals surface area contributed by atoms with Crippen molar-refractivity contribution in [2.75, 3.05) is 11.4 Å². The molecule has 1 saturated carbocycles. The van der Waals surface area contributed by atoms with Crippen molar-refractivity contribution < 1.29 is 17.9 Å². The van der Waals surface area contributed by atoms with E-state index in [4.69, 9.17) is 4.74 Å². The van der Waals surface area contributed by atoms with Crippen molar-refractivity contribution in [3.05, 3.63) is 77.5 Å². The van der Waals surface area contributed by atoms with Gasteiger partial charge in [0.15, 0.2) is 5.82 Å². The summed E-state index contributed by atoms with van der Waals surface area (Å²) in [5, 5.41) is 0. The molecule has 0 aliphatic heterocycles. The second-order valence-corrected chi connectivity index (χ2v) is 8.34. The Balaban J connectivity index is 1.66. The van der Waals surface area contributed by atoms with E-state index < -0.39 is 11.7 Å². The Morgan fingerprint density at radius 2 is 1.76 bits per heavy atom. The molecule has 3 aromatic rings. The fourth-order valence-corrected chi connectivity index (χ4v) is 4.39. The zero-order valence-corrected chi connectivity index (χ0v) is 18.7. The van der Waals surface area contributed by atoms with Crippen LogP contribution < -0.4 is 9.64 Å². The third-order valence-electron chi connectivity index (χ3n) is 6.09. The quantitative estimate of drug-likeness (QED) is 0.375. The van der Waals surface area contributed by atoms with Crippen molar-refractivity contribution in [2.45, 2.75) is 57.7 Å². The molecule has 4 nitrogen and oxygen atoms in total. The Labute approximate surface area is 192 Å². The SMILES string of the molecule is CCN(c1cccc(C2CCCCC2)c1)c1nc(OCc2ccccc2)ncc1C(F)(F)F. The van der Waals surface area contributed by atoms with Crippen LogP contribution in [0.4, 0.5) is 24.7 Å². The van der Waals surface area contributed by atoms with Crippen LogP contribution in [0.3, 0.4) is 0 Å². The van der Waals surface area contributed by atoms with E-state index in [1.54, 1.807) is 4.90 Å². The number of anilines is 2. The predicted octanol–water partition coefficient (Wildman–Crippen LogP) is 7.28. The zero-order chi connectivity index (χ0) is 23.3. The molecule has 0 unspecified atom stereocenters. The van der Waals surface area contributed by atoms with E-state index in [1.165, 1.54) is 24.8 Å². The van der Waals surface area contributed by atoms with E-state index in [0.717, 1.165) is 24.6 Å². The number of halogens is 3. The second kappa shape index (κ2) is 10.2. The number of benzene rings is 2. The average molecular weight is 456 g/mol. The molecule has 1 fully saturated rings. The van der Waals surface area contributed by atoms with Crippen LogP contribution in [0.1, 0.15) is 61.6 Å². The molecule has 33 heavy (non-hydrogen) atoms. The van der Waals surface area contributed by atoms with Gasteiger partial charge in [0, 0.05) is 18.4 Å². The van der Waals surface area contributed by atoms with E-state index >= 15 is 0 Å². The number of rotatable bonds is 7. The highest BCUT2D eigenvalue weighted by atomic mass is 19.4. The van der Waals surface area contributed by atoms with Crippen LogP contribution in [0, 0.1) is 0 Å². The van der Waals surface area contributed by atoms with Crippen LogP contribution in [0.15, 0.2) is 60.8 Å². The van der Waals surface area contributed by atoms with Gasteiger partial charge in [-0.1, -0.05) is 61.7 Å². The number of aromatic nitrogens is 2. The van der Waals surface area contributed by atoms with E-state index in [0.29, 0.717) is 18.2 Å². The minimum absolute atomic E-state index is 0.0799. The van der Waals surface area contributed by atoms with E-state index in [1.807, 2.05) is 55.5 Å². The number of hydrogen-bond donors (Lipinski definition) is 0. The van der Waals surface area contributed by atoms with Crippen LogP contribution in [-0.2, 0) is 12.8 Å². The summed E-state index contributed by atoms with van der Waals surface area (Å²) >= 11 is 0. The molecule has 0 amide bonds. The van der Waals surface area contributed by atoms with E-state index in [9.17, 15) is 13.2 Å². The first kappa shape index (κ1) is 23.1. The maximum Gasteiger partial charge on any atom is 0.421 e. The molecule has 0 spiro atoms. The van der Waals surface area contributed by atoms with Crippen LogP contribution in [0.5, 0.6) is 6.01 Å². The first-order valence-electron chi connectivity index (χ1n) is 11.4. The highest BCUT2D eigenvalue weighted by Gasteiger charge is 2.37. The minimum Gasteiger partial charge on any atom is -0.459 e. The fraction of sp³-hybridized carbons (Fsp3) is 0.385. The van der Waals surface area contributed by atoms with Crippen LogP contribution in [0.25, 0.3) is 0 Å². The molecule has 0 atom stereocenters. The van der Waals surface area contributed by atoms with Gasteiger partial charge in [-0.05, 0) is 48.9 Å². The topological polar surface area (TPSA) is 38.2 Å². The molecule has 0 radical (unpaired) electrons. The van der Waals surface area contributed by atoms with E-state index in [2.05, 4.69) is 16.0 Å². The molecule has 0 bridgehead atoms. The Hall–Kier alpha value is -3.09. The lowest BCUT2D eigenvalue weighted by molar-refractivity contribution is -0.137. The van der Waals surface area contributed by atoms with Crippen LogP contribution in [0.2, 0.25) is 0 Å². The Bertz CT molecular complexity index is 1050. The van der Waals surface area contributed by atoms with Crippen molar-refractivity contribution in [2.24, 2.45) is 0 Å². The number of alkyl halides is 3. The first-order valence-corrected chi connectivity index (χ1v) is 11.4. The lowest BCUT2D eigenvalue weighted by atomic mass is 9.84. The summed E-state index contributed by atoms with van der Waals surface area (Å²) in [4.78, 5) is 9.65. The lowest BCUT2D eigenvalue weighted by Crippen LogP contribution is -2.23. The van der Waals surface area contributed by atoms with Crippen LogP contribution in [-0.4, -0.2) is 16.5 Å². The van der Waals surface area contributed by atoms with Gasteiger partial charge in [-0.15, -0.1) is 0 Å². The number of hydrogen-bond acceptors (Lipinski definition) is 4. The molecular weight excluding hydrogens is 427 g/mol. The average Bonchev–Trinajstić information content (AvgIpc) is 2.84. The molecular formula is C26H28F3N3O. The largest absolute Gasteiger partial charge is 0.459 e. The molecule has 1 heterocycles. The zero-order valence-electron chi connectivity index (χ0n) is 18.7. The lowest BCUT2D eigenvalue weighted by Gasteiger charge is -2.27. The van der Waals surface area contributed by atoms with Gasteiger partial charge in [0.25, 0.3) is 0 Å². The second-order valence-electron chi connectivity index (χ2n) is 8.34. The Kier molecular flexibility index (Phi) is 7.16. The third kappa shape index (κ3) is 5.64. The maximum absolute atomic E-state index is 13.9. The number of nitrogens with zero attached hydrogens (tertiary/aromatic N) is 3. The summed E-state index contributed by atoms with van der Waals surface area (Å²) in [5.74, 6) is 0.263. The summed E-state index contributed by atoms with van der Waals surface area (Å²) in [6.07, 6.45) is 2.11. The molecule has 2 aromatic carbocycles. The number of ether oxygens (including phenoxy) is 1. The molecule has 174 valence electrons. The van der Waals surface area contributed by atoms with Crippen molar-refractivity contribution in [3.8, 4) is 6.01 Å². The van der Waals surface area contributed by atoms with Crippen LogP contribution >= 0.6 is 0 Å². The summed E-state index contributed by atoms with van der Waals surface area (Å²) in [5.41, 5.74) is 1.88. The van der Waals surface area contributed by atoms with Gasteiger partial charge >= 0.3 is 12.2 Å². The highest BCUT2D eigenvalue weighted by Crippen LogP contribution is 2.40. The molecule has 1 aromatic heterocycles. The Morgan fingerprint density at radius 3 is 2.45 bits per heavy atom. The third-order valence-corrected chi connectivity index (χ3v) is 6.09. The van der Waals surface area contributed by atoms with Gasteiger partial charge in [0.1, 0.15) is 12.2 Å². The summed E-state index contributed by atoms with van der Waals surface area (Å²) in [7, 11) is 0. The smallest absolute Gasteiger partial charge is 0.421 e. The predicted molar refractivity (Wildman–Crippen MR) is 123 cm³/mol. The van der Waals surface area contributed by atoms with Crippen molar-refractivity contribution >= 4 is 11.5 Å². The standard InChI is InChI=1S/C26H28F3N3O/c1-2-32(22-15-9-14-21(16-22)20-12-7-4-8-13-20)24-23(26(27,28)29)17-30-25(31-24)33-18-19-10-5-3-6-11-19/h3,5-6,9-11,14-17,20H,2,4,7-8,12-13,18H2,1H3. The molecule has 0 N–H and O–H groups in total. The normalized spacial score (nSPS) is 14.8. The van der Waals surface area contributed by atoms with Crippen molar-refractivity contribution in [1.29, 1.82) is 0 Å². The maximum atomic E-state index is 13.9. The van der Waals surface area contributed by atoms with Gasteiger partial charge < -0.3 is 9.64 Å². The summed E-state index contributed by atoms with van der Waals surface area (Å²) in [6.45, 7) is 2.32. The summed E-state index contributed by atoms with van der Waals surface area (Å²) < 4.78 is 47.2. The fourth-order valence-electron chi connectivity index (χ4n) is 4.39.